The van der Waals surface area contributed by atoms with Crippen LogP contribution in [-0.2, 0) is 22.5 Å². The Balaban J connectivity index is 2.47. The highest BCUT2D eigenvalue weighted by Gasteiger charge is 2.30. The number of ether oxygens (including phenoxy) is 1. The van der Waals surface area contributed by atoms with Crippen LogP contribution in [0, 0.1) is 5.41 Å². The molecule has 0 unspecified atom stereocenters. The van der Waals surface area contributed by atoms with E-state index >= 15 is 0 Å². The van der Waals surface area contributed by atoms with Gasteiger partial charge in [0.1, 0.15) is 5.82 Å². The zero-order valence-electron chi connectivity index (χ0n) is 11.9. The number of rotatable bonds is 4. The monoisotopic (exact) mass is 260 g/mol. The van der Waals surface area contributed by atoms with Gasteiger partial charge in [-0.05, 0) is 26.0 Å². The second-order valence-corrected chi connectivity index (χ2v) is 5.33. The van der Waals surface area contributed by atoms with Crippen LogP contribution in [0.1, 0.15) is 26.6 Å². The second kappa shape index (κ2) is 5.03. The van der Waals surface area contributed by atoms with Crippen molar-refractivity contribution in [1.29, 1.82) is 0 Å². The highest BCUT2D eigenvalue weighted by molar-refractivity contribution is 5.78. The summed E-state index contributed by atoms with van der Waals surface area (Å²) >= 11 is 0. The lowest BCUT2D eigenvalue weighted by Gasteiger charge is -2.23. The number of esters is 1. The van der Waals surface area contributed by atoms with Crippen LogP contribution in [0.15, 0.2) is 24.3 Å². The molecular formula is C15H20N2O2. The number of fused-ring (bicyclic) bond motifs is 1. The van der Waals surface area contributed by atoms with Crippen molar-refractivity contribution in [3.8, 4) is 0 Å². The molecule has 0 fully saturated rings. The van der Waals surface area contributed by atoms with E-state index in [1.54, 1.807) is 0 Å². The van der Waals surface area contributed by atoms with E-state index in [-0.39, 0.29) is 5.97 Å². The van der Waals surface area contributed by atoms with Crippen molar-refractivity contribution in [3.05, 3.63) is 30.1 Å². The molecule has 4 nitrogen and oxygen atoms in total. The maximum atomic E-state index is 11.8. The number of nitrogens with zero attached hydrogens (tertiary/aromatic N) is 2. The Labute approximate surface area is 113 Å². The molecule has 1 aromatic heterocycles. The zero-order chi connectivity index (χ0) is 14.0. The van der Waals surface area contributed by atoms with E-state index < -0.39 is 5.41 Å². The van der Waals surface area contributed by atoms with Crippen LogP contribution in [0.2, 0.25) is 0 Å². The van der Waals surface area contributed by atoms with Gasteiger partial charge in [0.2, 0.25) is 0 Å². The van der Waals surface area contributed by atoms with E-state index in [0.29, 0.717) is 6.54 Å². The van der Waals surface area contributed by atoms with Gasteiger partial charge in [0, 0.05) is 13.0 Å². The van der Waals surface area contributed by atoms with Gasteiger partial charge >= 0.3 is 5.97 Å². The lowest BCUT2D eigenvalue weighted by Crippen LogP contribution is -2.31. The van der Waals surface area contributed by atoms with Gasteiger partial charge in [0.05, 0.1) is 23.6 Å². The third kappa shape index (κ3) is 2.48. The summed E-state index contributed by atoms with van der Waals surface area (Å²) in [5.41, 5.74) is 1.47. The fraction of sp³-hybridized carbons (Fsp3) is 0.467. The molecule has 0 spiro atoms. The van der Waals surface area contributed by atoms with Gasteiger partial charge in [-0.15, -0.1) is 0 Å². The minimum Gasteiger partial charge on any atom is -0.469 e. The molecular weight excluding hydrogens is 240 g/mol. The summed E-state index contributed by atoms with van der Waals surface area (Å²) in [5, 5.41) is 0. The fourth-order valence-corrected chi connectivity index (χ4v) is 2.31. The Morgan fingerprint density at radius 3 is 2.68 bits per heavy atom. The van der Waals surface area contributed by atoms with Crippen LogP contribution in [0.5, 0.6) is 0 Å². The van der Waals surface area contributed by atoms with Crippen molar-refractivity contribution in [2.24, 2.45) is 5.41 Å². The molecule has 1 heterocycles. The van der Waals surface area contributed by atoms with Gasteiger partial charge in [-0.25, -0.2) is 4.98 Å². The molecule has 0 amide bonds. The van der Waals surface area contributed by atoms with Crippen LogP contribution in [-0.4, -0.2) is 22.6 Å². The molecule has 0 radical (unpaired) electrons. The van der Waals surface area contributed by atoms with Crippen LogP contribution in [0.3, 0.4) is 0 Å². The van der Waals surface area contributed by atoms with Gasteiger partial charge < -0.3 is 9.30 Å². The third-order valence-corrected chi connectivity index (χ3v) is 3.34. The number of imidazole rings is 1. The van der Waals surface area contributed by atoms with Crippen molar-refractivity contribution in [2.45, 2.75) is 33.7 Å². The average molecular weight is 260 g/mol. The fourth-order valence-electron chi connectivity index (χ4n) is 2.31. The Bertz CT molecular complexity index is 599. The van der Waals surface area contributed by atoms with Crippen LogP contribution >= 0.6 is 0 Å². The number of carbonyl (C=O) groups is 1. The molecule has 0 saturated heterocycles. The SMILES string of the molecule is CCc1nc2ccccc2n1CC(C)(C)C(=O)OC. The van der Waals surface area contributed by atoms with Gasteiger partial charge in [-0.3, -0.25) is 4.79 Å². The lowest BCUT2D eigenvalue weighted by atomic mass is 9.93. The number of benzene rings is 1. The van der Waals surface area contributed by atoms with E-state index in [4.69, 9.17) is 4.74 Å². The summed E-state index contributed by atoms with van der Waals surface area (Å²) in [7, 11) is 1.43. The van der Waals surface area contributed by atoms with Gasteiger partial charge in [-0.2, -0.15) is 0 Å². The first-order chi connectivity index (χ1) is 8.99. The Hall–Kier alpha value is -1.84. The molecule has 19 heavy (non-hydrogen) atoms. The molecule has 0 aliphatic rings. The standard InChI is InChI=1S/C15H20N2O2/c1-5-13-16-11-8-6-7-9-12(11)17(13)10-15(2,3)14(18)19-4/h6-9H,5,10H2,1-4H3. The van der Waals surface area contributed by atoms with Crippen LogP contribution in [0.4, 0.5) is 0 Å². The molecule has 0 atom stereocenters. The van der Waals surface area contributed by atoms with E-state index in [0.717, 1.165) is 23.3 Å². The molecule has 0 N–H and O–H groups in total. The molecule has 0 aliphatic carbocycles. The number of para-hydroxylation sites is 2. The quantitative estimate of drug-likeness (QED) is 0.794. The number of aromatic nitrogens is 2. The summed E-state index contributed by atoms with van der Waals surface area (Å²) in [6.07, 6.45) is 0.839. The molecule has 2 rings (SSSR count). The molecule has 2 aromatic rings. The highest BCUT2D eigenvalue weighted by atomic mass is 16.5. The predicted molar refractivity (Wildman–Crippen MR) is 74.9 cm³/mol. The molecule has 0 bridgehead atoms. The van der Waals surface area contributed by atoms with Gasteiger partial charge in [0.15, 0.2) is 0 Å². The summed E-state index contributed by atoms with van der Waals surface area (Å²) in [6.45, 7) is 6.44. The summed E-state index contributed by atoms with van der Waals surface area (Å²) < 4.78 is 6.99. The summed E-state index contributed by atoms with van der Waals surface area (Å²) in [5.74, 6) is 0.797. The zero-order valence-corrected chi connectivity index (χ0v) is 11.9. The first-order valence-corrected chi connectivity index (χ1v) is 6.52. The lowest BCUT2D eigenvalue weighted by molar-refractivity contribution is -0.151. The topological polar surface area (TPSA) is 44.1 Å². The molecule has 0 aliphatic heterocycles. The van der Waals surface area contributed by atoms with Crippen molar-refractivity contribution in [2.75, 3.05) is 7.11 Å². The number of hydrogen-bond donors (Lipinski definition) is 0. The van der Waals surface area contributed by atoms with Gasteiger partial charge in [-0.1, -0.05) is 19.1 Å². The first-order valence-electron chi connectivity index (χ1n) is 6.52. The van der Waals surface area contributed by atoms with E-state index in [1.807, 2.05) is 38.1 Å². The molecule has 1 aromatic carbocycles. The molecule has 4 heteroatoms. The Morgan fingerprint density at radius 2 is 2.05 bits per heavy atom. The number of carbonyl (C=O) groups excluding carboxylic acids is 1. The Kier molecular flexibility index (Phi) is 3.60. The predicted octanol–water partition coefficient (Wildman–Crippen LogP) is 2.80. The van der Waals surface area contributed by atoms with Crippen molar-refractivity contribution in [3.63, 3.8) is 0 Å². The smallest absolute Gasteiger partial charge is 0.313 e. The highest BCUT2D eigenvalue weighted by Crippen LogP contribution is 2.25. The van der Waals surface area contributed by atoms with E-state index in [2.05, 4.69) is 16.5 Å². The first kappa shape index (κ1) is 13.6. The number of methoxy groups -OCH3 is 1. The second-order valence-electron chi connectivity index (χ2n) is 5.33. The third-order valence-electron chi connectivity index (χ3n) is 3.34. The van der Waals surface area contributed by atoms with E-state index in [1.165, 1.54) is 7.11 Å². The van der Waals surface area contributed by atoms with Gasteiger partial charge in [0.25, 0.3) is 0 Å². The Morgan fingerprint density at radius 1 is 1.37 bits per heavy atom. The molecule has 0 saturated carbocycles. The normalized spacial score (nSPS) is 11.8. The largest absolute Gasteiger partial charge is 0.469 e. The average Bonchev–Trinajstić information content (AvgIpc) is 2.75. The van der Waals surface area contributed by atoms with Crippen LogP contribution < -0.4 is 0 Å². The molecule has 102 valence electrons. The minimum absolute atomic E-state index is 0.202. The van der Waals surface area contributed by atoms with E-state index in [9.17, 15) is 4.79 Å². The number of aryl methyl sites for hydroxylation is 1. The summed E-state index contributed by atoms with van der Waals surface area (Å²) in [4.78, 5) is 16.5. The summed E-state index contributed by atoms with van der Waals surface area (Å²) in [6, 6.07) is 8.00. The maximum Gasteiger partial charge on any atom is 0.313 e. The van der Waals surface area contributed by atoms with Crippen LogP contribution in [0.25, 0.3) is 11.0 Å². The van der Waals surface area contributed by atoms with Crippen molar-refractivity contribution >= 4 is 17.0 Å². The van der Waals surface area contributed by atoms with Crippen molar-refractivity contribution < 1.29 is 9.53 Å². The number of hydrogen-bond acceptors (Lipinski definition) is 3. The van der Waals surface area contributed by atoms with Crippen molar-refractivity contribution in [1.82, 2.24) is 9.55 Å². The minimum atomic E-state index is -0.567. The maximum absolute atomic E-state index is 11.8.